The Morgan fingerprint density at radius 2 is 1.96 bits per heavy atom. The Bertz CT molecular complexity index is 1010. The van der Waals surface area contributed by atoms with Gasteiger partial charge in [0.05, 0.1) is 18.0 Å². The minimum Gasteiger partial charge on any atom is -0.468 e. The van der Waals surface area contributed by atoms with Crippen molar-refractivity contribution in [3.05, 3.63) is 34.6 Å². The van der Waals surface area contributed by atoms with Crippen LogP contribution < -0.4 is 5.56 Å². The lowest BCUT2D eigenvalue weighted by Crippen LogP contribution is -2.24. The summed E-state index contributed by atoms with van der Waals surface area (Å²) >= 11 is 1.27. The van der Waals surface area contributed by atoms with Crippen LogP contribution in [0.1, 0.15) is 27.2 Å². The van der Waals surface area contributed by atoms with E-state index in [4.69, 9.17) is 4.74 Å². The Labute approximate surface area is 155 Å². The maximum absolute atomic E-state index is 12.9. The van der Waals surface area contributed by atoms with Gasteiger partial charge in [0.2, 0.25) is 5.78 Å². The molecule has 3 aromatic rings. The van der Waals surface area contributed by atoms with Crippen molar-refractivity contribution in [3.63, 3.8) is 0 Å². The predicted molar refractivity (Wildman–Crippen MR) is 102 cm³/mol. The van der Waals surface area contributed by atoms with Gasteiger partial charge >= 0.3 is 5.97 Å². The molecule has 1 atom stereocenters. The van der Waals surface area contributed by atoms with Gasteiger partial charge in [0.25, 0.3) is 5.56 Å². The summed E-state index contributed by atoms with van der Waals surface area (Å²) in [6.07, 6.45) is 0.863. The zero-order valence-electron chi connectivity index (χ0n) is 15.3. The minimum atomic E-state index is -0.429. The number of fused-ring (bicyclic) bond motifs is 3. The van der Waals surface area contributed by atoms with Crippen LogP contribution in [0.5, 0.6) is 0 Å². The van der Waals surface area contributed by atoms with Gasteiger partial charge < -0.3 is 4.74 Å². The molecule has 0 fully saturated rings. The van der Waals surface area contributed by atoms with Gasteiger partial charge in [-0.2, -0.15) is 0 Å². The van der Waals surface area contributed by atoms with Crippen LogP contribution in [0.4, 0.5) is 0 Å². The molecule has 7 nitrogen and oxygen atoms in total. The van der Waals surface area contributed by atoms with Gasteiger partial charge in [-0.15, -0.1) is 10.2 Å². The fourth-order valence-electron chi connectivity index (χ4n) is 2.77. The first-order valence-corrected chi connectivity index (χ1v) is 9.43. The smallest absolute Gasteiger partial charge is 0.318 e. The Morgan fingerprint density at radius 3 is 2.65 bits per heavy atom. The lowest BCUT2D eigenvalue weighted by molar-refractivity contribution is -0.139. The normalized spacial score (nSPS) is 12.8. The molecule has 2 aromatic heterocycles. The molecule has 1 aromatic carbocycles. The van der Waals surface area contributed by atoms with E-state index in [1.54, 1.807) is 17.6 Å². The quantitative estimate of drug-likeness (QED) is 0.488. The van der Waals surface area contributed by atoms with Crippen LogP contribution in [0.15, 0.2) is 34.2 Å². The number of benzene rings is 1. The molecule has 0 saturated carbocycles. The van der Waals surface area contributed by atoms with E-state index in [1.165, 1.54) is 18.9 Å². The second-order valence-corrected chi connectivity index (χ2v) is 7.87. The van der Waals surface area contributed by atoms with Gasteiger partial charge in [-0.05, 0) is 31.4 Å². The number of ether oxygens (including phenoxy) is 1. The summed E-state index contributed by atoms with van der Waals surface area (Å²) in [5, 5.41) is 9.23. The summed E-state index contributed by atoms with van der Waals surface area (Å²) < 4.78 is 8.31. The van der Waals surface area contributed by atoms with Crippen LogP contribution in [-0.4, -0.2) is 37.5 Å². The van der Waals surface area contributed by atoms with E-state index < -0.39 is 5.25 Å². The van der Waals surface area contributed by atoms with Gasteiger partial charge in [-0.1, -0.05) is 37.7 Å². The van der Waals surface area contributed by atoms with E-state index in [0.717, 1.165) is 11.9 Å². The third-order valence-corrected chi connectivity index (χ3v) is 5.24. The highest BCUT2D eigenvalue weighted by molar-refractivity contribution is 8.00. The third-order valence-electron chi connectivity index (χ3n) is 4.22. The zero-order valence-corrected chi connectivity index (χ0v) is 16.1. The third kappa shape index (κ3) is 3.33. The van der Waals surface area contributed by atoms with E-state index >= 15 is 0 Å². The van der Waals surface area contributed by atoms with Gasteiger partial charge in [0.15, 0.2) is 5.16 Å². The second-order valence-electron chi connectivity index (χ2n) is 6.56. The summed E-state index contributed by atoms with van der Waals surface area (Å²) in [6.45, 7) is 6.56. The minimum absolute atomic E-state index is 0.0706. The molecule has 0 spiro atoms. The topological polar surface area (TPSA) is 78.5 Å². The Morgan fingerprint density at radius 1 is 1.23 bits per heavy atom. The maximum atomic E-state index is 12.9. The number of nitrogens with zero attached hydrogens (tertiary/aromatic N) is 4. The Hall–Kier alpha value is -2.35. The summed E-state index contributed by atoms with van der Waals surface area (Å²) in [6, 6.07) is 7.39. The monoisotopic (exact) mass is 374 g/mol. The average Bonchev–Trinajstić information content (AvgIpc) is 3.04. The highest BCUT2D eigenvalue weighted by Crippen LogP contribution is 2.25. The molecular weight excluding hydrogens is 352 g/mol. The van der Waals surface area contributed by atoms with Gasteiger partial charge in [0.1, 0.15) is 5.25 Å². The fraction of sp³-hybridized carbons (Fsp3) is 0.444. The molecule has 0 bridgehead atoms. The van der Waals surface area contributed by atoms with Crippen LogP contribution in [-0.2, 0) is 16.1 Å². The number of hydrogen-bond acceptors (Lipinski definition) is 6. The lowest BCUT2D eigenvalue weighted by Gasteiger charge is -2.13. The molecule has 0 radical (unpaired) electrons. The van der Waals surface area contributed by atoms with Crippen molar-refractivity contribution in [2.45, 2.75) is 44.1 Å². The number of methoxy groups -OCH3 is 1. The molecule has 0 unspecified atom stereocenters. The van der Waals surface area contributed by atoms with Crippen molar-refractivity contribution >= 4 is 34.4 Å². The van der Waals surface area contributed by atoms with Crippen molar-refractivity contribution in [3.8, 4) is 0 Å². The van der Waals surface area contributed by atoms with Crippen molar-refractivity contribution in [2.24, 2.45) is 5.92 Å². The average molecular weight is 374 g/mol. The Balaban J connectivity index is 2.21. The zero-order chi connectivity index (χ0) is 18.8. The van der Waals surface area contributed by atoms with E-state index in [2.05, 4.69) is 24.0 Å². The first-order chi connectivity index (χ1) is 12.4. The number of aromatic nitrogens is 4. The number of aryl methyl sites for hydroxylation is 1. The SMILES string of the molecule is COC(=O)[C@H](C)Sc1nnc2n(CCC(C)C)c(=O)c3ccccc3n12. The van der Waals surface area contributed by atoms with Crippen LogP contribution >= 0.6 is 11.8 Å². The fourth-order valence-corrected chi connectivity index (χ4v) is 3.65. The van der Waals surface area contributed by atoms with Crippen LogP contribution in [0.25, 0.3) is 16.7 Å². The summed E-state index contributed by atoms with van der Waals surface area (Å²) in [4.78, 5) is 24.7. The standard InChI is InChI=1S/C18H22N4O3S/c1-11(2)9-10-21-15(23)13-7-5-6-8-14(13)22-17(21)19-20-18(22)26-12(3)16(24)25-4/h5-8,11-12H,9-10H2,1-4H3/t12-/m0/s1. The molecule has 0 saturated heterocycles. The number of para-hydroxylation sites is 1. The van der Waals surface area contributed by atoms with E-state index in [0.29, 0.717) is 28.8 Å². The number of esters is 1. The molecule has 0 amide bonds. The summed E-state index contributed by atoms with van der Waals surface area (Å²) in [5.41, 5.74) is 0.663. The first-order valence-electron chi connectivity index (χ1n) is 8.55. The highest BCUT2D eigenvalue weighted by atomic mass is 32.2. The molecule has 0 aliphatic heterocycles. The van der Waals surface area contributed by atoms with Crippen molar-refractivity contribution < 1.29 is 9.53 Å². The Kier molecular flexibility index (Phi) is 5.31. The number of hydrogen-bond donors (Lipinski definition) is 0. The summed E-state index contributed by atoms with van der Waals surface area (Å²) in [5.74, 6) is 0.627. The first kappa shape index (κ1) is 18.4. The molecule has 0 N–H and O–H groups in total. The van der Waals surface area contributed by atoms with Gasteiger partial charge in [0, 0.05) is 6.54 Å². The van der Waals surface area contributed by atoms with Gasteiger partial charge in [-0.3, -0.25) is 18.6 Å². The number of carbonyl (C=O) groups is 1. The molecule has 0 aliphatic rings. The van der Waals surface area contributed by atoms with E-state index in [1.807, 2.05) is 22.6 Å². The maximum Gasteiger partial charge on any atom is 0.318 e. The molecule has 138 valence electrons. The van der Waals surface area contributed by atoms with Crippen LogP contribution in [0, 0.1) is 5.92 Å². The molecule has 26 heavy (non-hydrogen) atoms. The molecule has 2 heterocycles. The number of thioether (sulfide) groups is 1. The second kappa shape index (κ2) is 7.49. The highest BCUT2D eigenvalue weighted by Gasteiger charge is 2.21. The molecular formula is C18H22N4O3S. The largest absolute Gasteiger partial charge is 0.468 e. The predicted octanol–water partition coefficient (Wildman–Crippen LogP) is 2.74. The van der Waals surface area contributed by atoms with Crippen LogP contribution in [0.3, 0.4) is 0 Å². The number of rotatable bonds is 6. The summed E-state index contributed by atoms with van der Waals surface area (Å²) in [7, 11) is 1.36. The molecule has 0 aliphatic carbocycles. The van der Waals surface area contributed by atoms with E-state index in [9.17, 15) is 9.59 Å². The van der Waals surface area contributed by atoms with Crippen molar-refractivity contribution in [1.82, 2.24) is 19.2 Å². The van der Waals surface area contributed by atoms with E-state index in [-0.39, 0.29) is 11.5 Å². The van der Waals surface area contributed by atoms with Gasteiger partial charge in [-0.25, -0.2) is 0 Å². The molecule has 3 rings (SSSR count). The lowest BCUT2D eigenvalue weighted by atomic mass is 10.1. The molecule has 8 heteroatoms. The van der Waals surface area contributed by atoms with Crippen molar-refractivity contribution in [1.29, 1.82) is 0 Å². The van der Waals surface area contributed by atoms with Crippen molar-refractivity contribution in [2.75, 3.05) is 7.11 Å². The van der Waals surface area contributed by atoms with Crippen LogP contribution in [0.2, 0.25) is 0 Å². The number of carbonyl (C=O) groups excluding carboxylic acids is 1.